The minimum absolute atomic E-state index is 0.0600. The molecule has 6 atom stereocenters. The maximum atomic E-state index is 13.3. The van der Waals surface area contributed by atoms with Gasteiger partial charge >= 0.3 is 41.8 Å². The predicted molar refractivity (Wildman–Crippen MR) is 172 cm³/mol. The van der Waals surface area contributed by atoms with E-state index in [-0.39, 0.29) is 45.1 Å². The molecule has 0 radical (unpaired) electrons. The molecule has 1 aliphatic rings. The van der Waals surface area contributed by atoms with Crippen molar-refractivity contribution in [1.29, 1.82) is 0 Å². The van der Waals surface area contributed by atoms with Gasteiger partial charge in [0.1, 0.15) is 18.1 Å². The smallest absolute Gasteiger partial charge is 0.326 e. The Hall–Kier alpha value is -5.05. The topological polar surface area (TPSA) is 338 Å². The van der Waals surface area contributed by atoms with Crippen molar-refractivity contribution < 1.29 is 73.8 Å². The van der Waals surface area contributed by atoms with Gasteiger partial charge in [0.2, 0.25) is 11.8 Å². The van der Waals surface area contributed by atoms with Crippen LogP contribution >= 0.6 is 0 Å². The summed E-state index contributed by atoms with van der Waals surface area (Å²) in [5, 5.41) is 67.7. The molecule has 0 aromatic carbocycles. The number of carboxylic acids is 6. The molecule has 21 heteroatoms. The fourth-order valence-corrected chi connectivity index (χ4v) is 5.51. The van der Waals surface area contributed by atoms with E-state index in [2.05, 4.69) is 21.3 Å². The molecule has 0 aromatic heterocycles. The van der Waals surface area contributed by atoms with Gasteiger partial charge in [-0.25, -0.2) is 19.2 Å². The van der Waals surface area contributed by atoms with Gasteiger partial charge in [0, 0.05) is 13.0 Å². The summed E-state index contributed by atoms with van der Waals surface area (Å²) >= 11 is 0. The van der Waals surface area contributed by atoms with E-state index in [4.69, 9.17) is 10.2 Å². The summed E-state index contributed by atoms with van der Waals surface area (Å²) in [6.45, 7) is 3.27. The Labute approximate surface area is 292 Å². The largest absolute Gasteiger partial charge is 0.481 e. The highest BCUT2D eigenvalue weighted by Crippen LogP contribution is 2.63. The molecule has 1 saturated carbocycles. The molecule has 11 N–H and O–H groups in total. The fraction of sp³-hybridized carbons (Fsp3) is 0.700. The normalized spacial score (nSPS) is 20.8. The summed E-state index contributed by atoms with van der Waals surface area (Å²) < 4.78 is 0. The second-order valence-corrected chi connectivity index (χ2v) is 13.0. The zero-order valence-corrected chi connectivity index (χ0v) is 28.8. The number of urea groups is 1. The summed E-state index contributed by atoms with van der Waals surface area (Å²) in [7, 11) is 1.45. The third-order valence-corrected chi connectivity index (χ3v) is 9.27. The van der Waals surface area contributed by atoms with Gasteiger partial charge in [-0.15, -0.1) is 0 Å². The molecule has 21 nitrogen and oxygen atoms in total. The summed E-state index contributed by atoms with van der Waals surface area (Å²) in [6.07, 6.45) is -0.835. The van der Waals surface area contributed by atoms with Gasteiger partial charge in [-0.05, 0) is 72.8 Å². The van der Waals surface area contributed by atoms with Crippen LogP contribution in [-0.4, -0.2) is 140 Å². The van der Waals surface area contributed by atoms with Crippen molar-refractivity contribution in [2.24, 2.45) is 10.8 Å². The molecule has 0 saturated heterocycles. The van der Waals surface area contributed by atoms with Crippen LogP contribution in [0, 0.1) is 10.8 Å². The Kier molecular flexibility index (Phi) is 16.2. The molecule has 0 aliphatic heterocycles. The second-order valence-electron chi connectivity index (χ2n) is 13.0. The van der Waals surface area contributed by atoms with E-state index in [0.717, 1.165) is 4.90 Å². The number of rotatable bonds is 25. The van der Waals surface area contributed by atoms with Gasteiger partial charge in [-0.1, -0.05) is 0 Å². The van der Waals surface area contributed by atoms with E-state index in [9.17, 15) is 63.6 Å². The Balaban J connectivity index is 2.72. The zero-order chi connectivity index (χ0) is 39.3. The van der Waals surface area contributed by atoms with Gasteiger partial charge in [-0.3, -0.25) is 28.9 Å². The van der Waals surface area contributed by atoms with Crippen molar-refractivity contribution in [3.05, 3.63) is 0 Å². The van der Waals surface area contributed by atoms with Crippen LogP contribution in [0.5, 0.6) is 0 Å². The van der Waals surface area contributed by atoms with Crippen LogP contribution < -0.4 is 26.6 Å². The first-order valence-corrected chi connectivity index (χ1v) is 16.0. The monoisotopic (exact) mass is 732 g/mol. The third-order valence-electron chi connectivity index (χ3n) is 9.27. The minimum Gasteiger partial charge on any atom is -0.481 e. The lowest BCUT2D eigenvalue weighted by Crippen LogP contribution is -2.59. The second kappa shape index (κ2) is 18.8. The van der Waals surface area contributed by atoms with E-state index >= 15 is 0 Å². The van der Waals surface area contributed by atoms with Crippen LogP contribution in [0.2, 0.25) is 0 Å². The summed E-state index contributed by atoms with van der Waals surface area (Å²) in [6, 6.07) is -5.55. The van der Waals surface area contributed by atoms with Gasteiger partial charge in [-0.2, -0.15) is 0 Å². The average Bonchev–Trinajstić information content (AvgIpc) is 3.61. The van der Waals surface area contributed by atoms with Crippen molar-refractivity contribution in [2.45, 2.75) is 95.9 Å². The lowest BCUT2D eigenvalue weighted by Gasteiger charge is -2.40. The molecule has 1 rings (SSSR count). The SMILES string of the molecule is CNC(C)(CCC(NC(=O)C1(C)CC1(C)C(=O)NCCCCC(NC(=O)NC(CCC(=O)O)C(=O)O)C(=O)O)C(=O)O)N(CC(=O)O)CC(=O)O. The van der Waals surface area contributed by atoms with E-state index in [0.29, 0.717) is 0 Å². The van der Waals surface area contributed by atoms with Crippen molar-refractivity contribution in [3.63, 3.8) is 0 Å². The Morgan fingerprint density at radius 1 is 0.667 bits per heavy atom. The van der Waals surface area contributed by atoms with Crippen LogP contribution in [0.4, 0.5) is 4.79 Å². The minimum atomic E-state index is -1.56. The number of carbonyl (C=O) groups is 9. The number of hydrogen-bond donors (Lipinski definition) is 11. The molecular formula is C30H48N6O15. The molecule has 288 valence electrons. The highest BCUT2D eigenvalue weighted by atomic mass is 16.4. The quantitative estimate of drug-likeness (QED) is 0.0376. The van der Waals surface area contributed by atoms with E-state index in [1.54, 1.807) is 0 Å². The summed E-state index contributed by atoms with van der Waals surface area (Å²) in [5.41, 5.74) is -3.78. The lowest BCUT2D eigenvalue weighted by molar-refractivity contribution is -0.147. The molecule has 1 fully saturated rings. The number of carbonyl (C=O) groups excluding carboxylic acids is 3. The van der Waals surface area contributed by atoms with Crippen molar-refractivity contribution in [1.82, 2.24) is 31.5 Å². The van der Waals surface area contributed by atoms with Crippen LogP contribution in [-0.2, 0) is 38.4 Å². The predicted octanol–water partition coefficient (Wildman–Crippen LogP) is -1.48. The summed E-state index contributed by atoms with van der Waals surface area (Å²) in [5.74, 6) is -9.41. The van der Waals surface area contributed by atoms with Crippen LogP contribution in [0.25, 0.3) is 0 Å². The number of amides is 4. The molecule has 51 heavy (non-hydrogen) atoms. The van der Waals surface area contributed by atoms with Gasteiger partial charge < -0.3 is 57.2 Å². The highest BCUT2D eigenvalue weighted by molar-refractivity contribution is 5.99. The fourth-order valence-electron chi connectivity index (χ4n) is 5.51. The van der Waals surface area contributed by atoms with E-state index in [1.807, 2.05) is 5.32 Å². The molecule has 0 bridgehead atoms. The molecule has 0 heterocycles. The molecule has 6 unspecified atom stereocenters. The first kappa shape index (κ1) is 44.0. The van der Waals surface area contributed by atoms with Crippen LogP contribution in [0.15, 0.2) is 0 Å². The standard InChI is InChI=1S/C30H48N6O15/c1-28(25(49)32-12-6-5-7-16(22(43)44)34-27(51)35-17(23(45)46)8-9-19(37)38)15-29(28,2)26(50)33-18(24(47)48)10-11-30(3,31-4)36(13-20(39)40)14-21(41)42/h16-18,31H,5-15H2,1-4H3,(H,32,49)(H,33,50)(H,37,38)(H,39,40)(H,41,42)(H,43,44)(H,45,46)(H,47,48)(H2,34,35,51). The first-order chi connectivity index (χ1) is 23.5. The number of aliphatic carboxylic acids is 6. The maximum Gasteiger partial charge on any atom is 0.326 e. The maximum absolute atomic E-state index is 13.3. The Morgan fingerprint density at radius 3 is 1.59 bits per heavy atom. The Morgan fingerprint density at radius 2 is 1.14 bits per heavy atom. The Bertz CT molecular complexity index is 1340. The number of hydrogen-bond acceptors (Lipinski definition) is 11. The van der Waals surface area contributed by atoms with Gasteiger partial charge in [0.15, 0.2) is 0 Å². The number of nitrogens with zero attached hydrogens (tertiary/aromatic N) is 1. The highest BCUT2D eigenvalue weighted by Gasteiger charge is 2.70. The number of carboxylic acid groups (broad SMARTS) is 6. The van der Waals surface area contributed by atoms with Crippen molar-refractivity contribution in [3.8, 4) is 0 Å². The zero-order valence-electron chi connectivity index (χ0n) is 28.8. The number of unbranched alkanes of at least 4 members (excludes halogenated alkanes) is 1. The lowest BCUT2D eigenvalue weighted by atomic mass is 9.93. The van der Waals surface area contributed by atoms with Gasteiger partial charge in [0.05, 0.1) is 29.6 Å². The molecule has 1 aliphatic carbocycles. The summed E-state index contributed by atoms with van der Waals surface area (Å²) in [4.78, 5) is 108. The van der Waals surface area contributed by atoms with Gasteiger partial charge in [0.25, 0.3) is 0 Å². The number of nitrogens with one attached hydrogen (secondary N) is 5. The molecule has 0 aromatic rings. The van der Waals surface area contributed by atoms with E-state index in [1.165, 1.54) is 27.8 Å². The van der Waals surface area contributed by atoms with Crippen molar-refractivity contribution >= 4 is 53.7 Å². The van der Waals surface area contributed by atoms with Crippen LogP contribution in [0.3, 0.4) is 0 Å². The molecular weight excluding hydrogens is 684 g/mol. The third kappa shape index (κ3) is 13.0. The van der Waals surface area contributed by atoms with E-state index < -0.39 is 114 Å². The van der Waals surface area contributed by atoms with Crippen LogP contribution in [0.1, 0.15) is 72.1 Å². The molecule has 4 amide bonds. The first-order valence-electron chi connectivity index (χ1n) is 16.0. The molecule has 0 spiro atoms. The average molecular weight is 733 g/mol. The van der Waals surface area contributed by atoms with Crippen molar-refractivity contribution in [2.75, 3.05) is 26.7 Å².